The van der Waals surface area contributed by atoms with Crippen LogP contribution < -0.4 is 5.73 Å². The van der Waals surface area contributed by atoms with E-state index in [0.717, 1.165) is 19.8 Å². The molecule has 1 aliphatic heterocycles. The molecule has 88 valence electrons. The zero-order valence-electron chi connectivity index (χ0n) is 9.66. The van der Waals surface area contributed by atoms with Crippen LogP contribution in [-0.2, 0) is 4.74 Å². The lowest BCUT2D eigenvalue weighted by atomic mass is 10.0. The molecule has 2 atom stereocenters. The van der Waals surface area contributed by atoms with Gasteiger partial charge in [-0.15, -0.1) is 0 Å². The summed E-state index contributed by atoms with van der Waals surface area (Å²) in [5, 5.41) is 0. The normalized spacial score (nSPS) is 35.8. The topological polar surface area (TPSA) is 38.5 Å². The molecule has 0 bridgehead atoms. The highest BCUT2D eigenvalue weighted by atomic mass is 16.5. The number of ether oxygens (including phenoxy) is 1. The minimum Gasteiger partial charge on any atom is -0.380 e. The molecule has 2 N–H and O–H groups in total. The van der Waals surface area contributed by atoms with Crippen molar-refractivity contribution in [2.75, 3.05) is 26.3 Å². The van der Waals surface area contributed by atoms with Crippen molar-refractivity contribution in [3.8, 4) is 0 Å². The van der Waals surface area contributed by atoms with Gasteiger partial charge in [0.1, 0.15) is 0 Å². The maximum absolute atomic E-state index is 6.28. The maximum atomic E-state index is 6.28. The summed E-state index contributed by atoms with van der Waals surface area (Å²) in [4.78, 5) is 2.57. The van der Waals surface area contributed by atoms with Crippen LogP contribution in [0.2, 0.25) is 0 Å². The van der Waals surface area contributed by atoms with Crippen LogP contribution in [0.25, 0.3) is 0 Å². The molecule has 2 unspecified atom stereocenters. The van der Waals surface area contributed by atoms with E-state index in [1.54, 1.807) is 0 Å². The average molecular weight is 212 g/mol. The molecule has 0 aromatic carbocycles. The van der Waals surface area contributed by atoms with Crippen molar-refractivity contribution in [1.29, 1.82) is 0 Å². The van der Waals surface area contributed by atoms with E-state index in [4.69, 9.17) is 10.5 Å². The Labute approximate surface area is 93.0 Å². The van der Waals surface area contributed by atoms with Crippen molar-refractivity contribution in [2.24, 2.45) is 5.73 Å². The predicted molar refractivity (Wildman–Crippen MR) is 61.9 cm³/mol. The molecule has 1 saturated carbocycles. The minimum atomic E-state index is 0.394. The lowest BCUT2D eigenvalue weighted by Crippen LogP contribution is -2.48. The van der Waals surface area contributed by atoms with E-state index in [2.05, 4.69) is 4.90 Å². The van der Waals surface area contributed by atoms with Crippen molar-refractivity contribution in [3.05, 3.63) is 0 Å². The van der Waals surface area contributed by atoms with Crippen LogP contribution in [0.1, 0.15) is 38.5 Å². The highest BCUT2D eigenvalue weighted by Gasteiger charge is 2.26. The first-order chi connectivity index (χ1) is 7.38. The van der Waals surface area contributed by atoms with Crippen LogP contribution in [0.5, 0.6) is 0 Å². The Morgan fingerprint density at radius 2 is 1.80 bits per heavy atom. The number of rotatable bonds is 1. The Morgan fingerprint density at radius 3 is 2.73 bits per heavy atom. The van der Waals surface area contributed by atoms with E-state index >= 15 is 0 Å². The van der Waals surface area contributed by atoms with Gasteiger partial charge in [0.25, 0.3) is 0 Å². The quantitative estimate of drug-likeness (QED) is 0.667. The molecule has 1 aliphatic carbocycles. The van der Waals surface area contributed by atoms with E-state index in [-0.39, 0.29) is 0 Å². The van der Waals surface area contributed by atoms with E-state index in [9.17, 15) is 0 Å². The van der Waals surface area contributed by atoms with Crippen molar-refractivity contribution >= 4 is 0 Å². The van der Waals surface area contributed by atoms with E-state index in [0.29, 0.717) is 12.1 Å². The summed E-state index contributed by atoms with van der Waals surface area (Å²) in [5.74, 6) is 0. The van der Waals surface area contributed by atoms with Crippen LogP contribution in [0.4, 0.5) is 0 Å². The van der Waals surface area contributed by atoms with Crippen LogP contribution in [-0.4, -0.2) is 43.3 Å². The van der Waals surface area contributed by atoms with Crippen molar-refractivity contribution < 1.29 is 4.74 Å². The number of nitrogens with two attached hydrogens (primary N) is 1. The maximum Gasteiger partial charge on any atom is 0.0593 e. The SMILES string of the molecule is NC1CCCCCC1N1CCCOCC1. The van der Waals surface area contributed by atoms with Gasteiger partial charge in [-0.1, -0.05) is 19.3 Å². The summed E-state index contributed by atoms with van der Waals surface area (Å²) in [6, 6.07) is 1.01. The predicted octanol–water partition coefficient (Wildman–Crippen LogP) is 1.37. The van der Waals surface area contributed by atoms with Gasteiger partial charge in [0.15, 0.2) is 0 Å². The van der Waals surface area contributed by atoms with Crippen LogP contribution in [0.15, 0.2) is 0 Å². The summed E-state index contributed by atoms with van der Waals surface area (Å²) in [6.07, 6.45) is 7.72. The number of hydrogen-bond acceptors (Lipinski definition) is 3. The second-order valence-electron chi connectivity index (χ2n) is 4.87. The van der Waals surface area contributed by atoms with Gasteiger partial charge < -0.3 is 10.5 Å². The molecule has 3 nitrogen and oxygen atoms in total. The standard InChI is InChI=1S/C12H24N2O/c13-11-5-2-1-3-6-12(11)14-7-4-9-15-10-8-14/h11-12H,1-10,13H2. The first-order valence-corrected chi connectivity index (χ1v) is 6.45. The van der Waals surface area contributed by atoms with Gasteiger partial charge in [-0.05, 0) is 19.3 Å². The fourth-order valence-corrected chi connectivity index (χ4v) is 2.87. The Bertz CT molecular complexity index is 178. The molecule has 1 heterocycles. The Morgan fingerprint density at radius 1 is 0.933 bits per heavy atom. The third-order valence-electron chi connectivity index (χ3n) is 3.76. The van der Waals surface area contributed by atoms with Gasteiger partial charge in [-0.25, -0.2) is 0 Å². The molecular formula is C12H24N2O. The smallest absolute Gasteiger partial charge is 0.0593 e. The lowest BCUT2D eigenvalue weighted by molar-refractivity contribution is 0.123. The zero-order valence-corrected chi connectivity index (χ0v) is 9.66. The molecule has 2 rings (SSSR count). The third-order valence-corrected chi connectivity index (χ3v) is 3.76. The van der Waals surface area contributed by atoms with Gasteiger partial charge in [0.05, 0.1) is 6.61 Å². The minimum absolute atomic E-state index is 0.394. The van der Waals surface area contributed by atoms with Crippen LogP contribution >= 0.6 is 0 Å². The fraction of sp³-hybridized carbons (Fsp3) is 1.00. The van der Waals surface area contributed by atoms with Crippen molar-refractivity contribution in [3.63, 3.8) is 0 Å². The fourth-order valence-electron chi connectivity index (χ4n) is 2.87. The average Bonchev–Trinajstić information content (AvgIpc) is 2.59. The molecule has 2 fully saturated rings. The molecular weight excluding hydrogens is 188 g/mol. The largest absolute Gasteiger partial charge is 0.380 e. The molecule has 0 radical (unpaired) electrons. The Hall–Kier alpha value is -0.120. The first kappa shape index (κ1) is 11.4. The first-order valence-electron chi connectivity index (χ1n) is 6.45. The van der Waals surface area contributed by atoms with Gasteiger partial charge in [0, 0.05) is 31.8 Å². The van der Waals surface area contributed by atoms with E-state index in [1.807, 2.05) is 0 Å². The molecule has 0 spiro atoms. The highest BCUT2D eigenvalue weighted by molar-refractivity contribution is 4.85. The second kappa shape index (κ2) is 5.83. The van der Waals surface area contributed by atoms with Gasteiger partial charge in [-0.2, -0.15) is 0 Å². The van der Waals surface area contributed by atoms with Crippen molar-refractivity contribution in [1.82, 2.24) is 4.90 Å². The molecule has 3 heteroatoms. The Kier molecular flexibility index (Phi) is 4.42. The summed E-state index contributed by atoms with van der Waals surface area (Å²) in [5.41, 5.74) is 6.28. The Balaban J connectivity index is 1.92. The van der Waals surface area contributed by atoms with E-state index < -0.39 is 0 Å². The molecule has 0 amide bonds. The highest BCUT2D eigenvalue weighted by Crippen LogP contribution is 2.22. The second-order valence-corrected chi connectivity index (χ2v) is 4.87. The summed E-state index contributed by atoms with van der Waals surface area (Å²) in [6.45, 7) is 4.08. The number of nitrogens with zero attached hydrogens (tertiary/aromatic N) is 1. The van der Waals surface area contributed by atoms with Gasteiger partial charge >= 0.3 is 0 Å². The monoisotopic (exact) mass is 212 g/mol. The van der Waals surface area contributed by atoms with Gasteiger partial charge in [0.2, 0.25) is 0 Å². The summed E-state index contributed by atoms with van der Waals surface area (Å²) in [7, 11) is 0. The zero-order chi connectivity index (χ0) is 10.5. The van der Waals surface area contributed by atoms with Crippen LogP contribution in [0.3, 0.4) is 0 Å². The molecule has 0 aromatic heterocycles. The molecule has 2 aliphatic rings. The summed E-state index contributed by atoms with van der Waals surface area (Å²) < 4.78 is 5.50. The van der Waals surface area contributed by atoms with Crippen molar-refractivity contribution in [2.45, 2.75) is 50.6 Å². The molecule has 0 aromatic rings. The summed E-state index contributed by atoms with van der Waals surface area (Å²) >= 11 is 0. The molecule has 1 saturated heterocycles. The van der Waals surface area contributed by atoms with Gasteiger partial charge in [-0.3, -0.25) is 4.90 Å². The van der Waals surface area contributed by atoms with E-state index in [1.165, 1.54) is 45.1 Å². The third kappa shape index (κ3) is 3.16. The molecule has 15 heavy (non-hydrogen) atoms. The number of hydrogen-bond donors (Lipinski definition) is 1. The lowest BCUT2D eigenvalue weighted by Gasteiger charge is -2.33. The van der Waals surface area contributed by atoms with Crippen LogP contribution in [0, 0.1) is 0 Å².